The van der Waals surface area contributed by atoms with Gasteiger partial charge in [-0.2, -0.15) is 0 Å². The summed E-state index contributed by atoms with van der Waals surface area (Å²) >= 11 is 0. The molecule has 0 aliphatic carbocycles. The molecule has 0 unspecified atom stereocenters. The fourth-order valence-corrected chi connectivity index (χ4v) is 2.11. The zero-order valence-electron chi connectivity index (χ0n) is 12.3. The fraction of sp³-hybridized carbons (Fsp3) is 0.278. The van der Waals surface area contributed by atoms with Crippen LogP contribution in [0.3, 0.4) is 0 Å². The Morgan fingerprint density at radius 2 is 1.52 bits per heavy atom. The van der Waals surface area contributed by atoms with Crippen molar-refractivity contribution in [2.75, 3.05) is 6.61 Å². The molecular weight excluding hydrogens is 262 g/mol. The standard InChI is InChI=1S/C18H21NO2/c1-2-3-4-13-21-17-11-9-15(10-12-17)14-5-7-16(8-6-14)18(19)20/h5-12H,2-4,13H2,1H3,(H2,19,20). The van der Waals surface area contributed by atoms with Crippen molar-refractivity contribution in [3.8, 4) is 16.9 Å². The molecule has 110 valence electrons. The average Bonchev–Trinajstić information content (AvgIpc) is 2.52. The van der Waals surface area contributed by atoms with E-state index in [9.17, 15) is 4.79 Å². The summed E-state index contributed by atoms with van der Waals surface area (Å²) in [5.74, 6) is 0.487. The van der Waals surface area contributed by atoms with Crippen LogP contribution < -0.4 is 10.5 Å². The third-order valence-electron chi connectivity index (χ3n) is 3.37. The molecule has 21 heavy (non-hydrogen) atoms. The minimum atomic E-state index is -0.405. The summed E-state index contributed by atoms with van der Waals surface area (Å²) in [6.07, 6.45) is 3.49. The van der Waals surface area contributed by atoms with Crippen molar-refractivity contribution in [2.24, 2.45) is 5.73 Å². The zero-order chi connectivity index (χ0) is 15.1. The van der Waals surface area contributed by atoms with Gasteiger partial charge in [0.05, 0.1) is 6.61 Å². The van der Waals surface area contributed by atoms with Gasteiger partial charge < -0.3 is 10.5 Å². The summed E-state index contributed by atoms with van der Waals surface area (Å²) in [5.41, 5.74) is 7.90. The number of carbonyl (C=O) groups is 1. The van der Waals surface area contributed by atoms with Gasteiger partial charge in [0.2, 0.25) is 5.91 Å². The number of amides is 1. The lowest BCUT2D eigenvalue weighted by Gasteiger charge is -2.07. The minimum absolute atomic E-state index is 0.405. The average molecular weight is 283 g/mol. The molecule has 0 heterocycles. The number of rotatable bonds is 7. The van der Waals surface area contributed by atoms with Crippen molar-refractivity contribution in [1.82, 2.24) is 0 Å². The molecule has 0 bridgehead atoms. The zero-order valence-corrected chi connectivity index (χ0v) is 12.3. The number of hydrogen-bond acceptors (Lipinski definition) is 2. The number of benzene rings is 2. The Morgan fingerprint density at radius 3 is 2.05 bits per heavy atom. The number of carbonyl (C=O) groups excluding carboxylic acids is 1. The van der Waals surface area contributed by atoms with Crippen molar-refractivity contribution < 1.29 is 9.53 Å². The van der Waals surface area contributed by atoms with Gasteiger partial charge in [0.1, 0.15) is 5.75 Å². The molecule has 0 radical (unpaired) electrons. The summed E-state index contributed by atoms with van der Waals surface area (Å²) in [5, 5.41) is 0. The Balaban J connectivity index is 1.99. The van der Waals surface area contributed by atoms with Crippen LogP contribution in [0.2, 0.25) is 0 Å². The summed E-state index contributed by atoms with van der Waals surface area (Å²) in [7, 11) is 0. The molecule has 0 aromatic heterocycles. The van der Waals surface area contributed by atoms with Crippen LogP contribution in [0, 0.1) is 0 Å². The third-order valence-corrected chi connectivity index (χ3v) is 3.37. The second-order valence-electron chi connectivity index (χ2n) is 5.02. The quantitative estimate of drug-likeness (QED) is 0.780. The van der Waals surface area contributed by atoms with Crippen LogP contribution in [-0.2, 0) is 0 Å². The van der Waals surface area contributed by atoms with E-state index in [1.165, 1.54) is 12.8 Å². The third kappa shape index (κ3) is 4.35. The number of nitrogens with two attached hydrogens (primary N) is 1. The Morgan fingerprint density at radius 1 is 0.952 bits per heavy atom. The van der Waals surface area contributed by atoms with Gasteiger partial charge in [-0.05, 0) is 41.8 Å². The molecule has 2 rings (SSSR count). The van der Waals surface area contributed by atoms with Crippen LogP contribution in [0.5, 0.6) is 5.75 Å². The Hall–Kier alpha value is -2.29. The second-order valence-corrected chi connectivity index (χ2v) is 5.02. The van der Waals surface area contributed by atoms with E-state index in [2.05, 4.69) is 6.92 Å². The summed E-state index contributed by atoms with van der Waals surface area (Å²) in [4.78, 5) is 11.0. The smallest absolute Gasteiger partial charge is 0.248 e. The Kier molecular flexibility index (Phi) is 5.38. The van der Waals surface area contributed by atoms with Crippen LogP contribution >= 0.6 is 0 Å². The normalized spacial score (nSPS) is 10.3. The molecule has 2 aromatic rings. The van der Waals surface area contributed by atoms with Crippen LogP contribution in [0.4, 0.5) is 0 Å². The summed E-state index contributed by atoms with van der Waals surface area (Å²) < 4.78 is 5.69. The molecule has 0 atom stereocenters. The summed E-state index contributed by atoms with van der Waals surface area (Å²) in [6.45, 7) is 2.94. The van der Waals surface area contributed by atoms with Crippen molar-refractivity contribution >= 4 is 5.91 Å². The van der Waals surface area contributed by atoms with Gasteiger partial charge in [0.25, 0.3) is 0 Å². The Labute approximate surface area is 125 Å². The largest absolute Gasteiger partial charge is 0.494 e. The molecule has 3 nitrogen and oxygen atoms in total. The van der Waals surface area contributed by atoms with Gasteiger partial charge in [-0.1, -0.05) is 44.0 Å². The van der Waals surface area contributed by atoms with E-state index < -0.39 is 5.91 Å². The van der Waals surface area contributed by atoms with Gasteiger partial charge in [-0.3, -0.25) is 4.79 Å². The molecule has 3 heteroatoms. The number of hydrogen-bond donors (Lipinski definition) is 1. The summed E-state index contributed by atoms with van der Waals surface area (Å²) in [6, 6.07) is 15.3. The lowest BCUT2D eigenvalue weighted by Crippen LogP contribution is -2.10. The molecular formula is C18H21NO2. The maximum Gasteiger partial charge on any atom is 0.248 e. The van der Waals surface area contributed by atoms with Gasteiger partial charge in [0, 0.05) is 5.56 Å². The first kappa shape index (κ1) is 15.1. The van der Waals surface area contributed by atoms with Crippen LogP contribution in [0.1, 0.15) is 36.5 Å². The highest BCUT2D eigenvalue weighted by Gasteiger charge is 2.02. The van der Waals surface area contributed by atoms with Crippen molar-refractivity contribution in [1.29, 1.82) is 0 Å². The molecule has 2 aromatic carbocycles. The molecule has 0 saturated heterocycles. The molecule has 0 fully saturated rings. The maximum atomic E-state index is 11.0. The minimum Gasteiger partial charge on any atom is -0.494 e. The van der Waals surface area contributed by atoms with Crippen molar-refractivity contribution in [3.63, 3.8) is 0 Å². The van der Waals surface area contributed by atoms with Crippen LogP contribution in [0.15, 0.2) is 48.5 Å². The van der Waals surface area contributed by atoms with Gasteiger partial charge in [-0.25, -0.2) is 0 Å². The SMILES string of the molecule is CCCCCOc1ccc(-c2ccc(C(N)=O)cc2)cc1. The number of ether oxygens (including phenoxy) is 1. The highest BCUT2D eigenvalue weighted by atomic mass is 16.5. The lowest BCUT2D eigenvalue weighted by molar-refractivity contribution is 0.100. The van der Waals surface area contributed by atoms with Gasteiger partial charge in [-0.15, -0.1) is 0 Å². The van der Waals surface area contributed by atoms with Gasteiger partial charge in [0.15, 0.2) is 0 Å². The van der Waals surface area contributed by atoms with Crippen LogP contribution in [-0.4, -0.2) is 12.5 Å². The van der Waals surface area contributed by atoms with Crippen molar-refractivity contribution in [2.45, 2.75) is 26.2 Å². The predicted octanol–water partition coefficient (Wildman–Crippen LogP) is 4.02. The molecule has 0 aliphatic heterocycles. The fourth-order valence-electron chi connectivity index (χ4n) is 2.11. The first-order valence-electron chi connectivity index (χ1n) is 7.34. The first-order chi connectivity index (χ1) is 10.2. The molecule has 0 aliphatic rings. The van der Waals surface area contributed by atoms with E-state index >= 15 is 0 Å². The second kappa shape index (κ2) is 7.48. The van der Waals surface area contributed by atoms with E-state index in [0.717, 1.165) is 29.9 Å². The molecule has 2 N–H and O–H groups in total. The van der Waals surface area contributed by atoms with E-state index in [-0.39, 0.29) is 0 Å². The molecule has 0 saturated carbocycles. The van der Waals surface area contributed by atoms with E-state index in [4.69, 9.17) is 10.5 Å². The molecule has 0 spiro atoms. The lowest BCUT2D eigenvalue weighted by atomic mass is 10.0. The first-order valence-corrected chi connectivity index (χ1v) is 7.34. The van der Waals surface area contributed by atoms with Gasteiger partial charge >= 0.3 is 0 Å². The highest BCUT2D eigenvalue weighted by Crippen LogP contribution is 2.23. The Bertz CT molecular complexity index is 573. The predicted molar refractivity (Wildman–Crippen MR) is 85.4 cm³/mol. The topological polar surface area (TPSA) is 52.3 Å². The maximum absolute atomic E-state index is 11.0. The monoisotopic (exact) mass is 283 g/mol. The molecule has 1 amide bonds. The van der Waals surface area contributed by atoms with E-state index in [1.54, 1.807) is 12.1 Å². The van der Waals surface area contributed by atoms with Crippen LogP contribution in [0.25, 0.3) is 11.1 Å². The highest BCUT2D eigenvalue weighted by molar-refractivity contribution is 5.93. The van der Waals surface area contributed by atoms with E-state index in [0.29, 0.717) is 5.56 Å². The number of unbranched alkanes of at least 4 members (excludes halogenated alkanes) is 2. The van der Waals surface area contributed by atoms with Crippen molar-refractivity contribution in [3.05, 3.63) is 54.1 Å². The number of primary amides is 1. The van der Waals surface area contributed by atoms with E-state index in [1.807, 2.05) is 36.4 Å².